The number of nitrogens with zero attached hydrogens (tertiary/aromatic N) is 2. The lowest BCUT2D eigenvalue weighted by Crippen LogP contribution is -2.36. The van der Waals surface area contributed by atoms with E-state index in [4.69, 9.17) is 14.2 Å². The van der Waals surface area contributed by atoms with Gasteiger partial charge in [-0.15, -0.1) is 0 Å². The van der Waals surface area contributed by atoms with Gasteiger partial charge in [-0.3, -0.25) is 14.5 Å². The number of hydrogen-bond acceptors (Lipinski definition) is 6. The molecule has 1 aliphatic rings. The summed E-state index contributed by atoms with van der Waals surface area (Å²) in [5, 5.41) is 0. The smallest absolute Gasteiger partial charge is 0.339 e. The molecule has 3 rings (SSSR count). The van der Waals surface area contributed by atoms with Gasteiger partial charge in [-0.25, -0.2) is 9.69 Å². The molecule has 170 valence electrons. The molecule has 0 aromatic heterocycles. The molecular weight excluding hydrogens is 412 g/mol. The number of ether oxygens (including phenoxy) is 3. The highest BCUT2D eigenvalue weighted by molar-refractivity contribution is 6.52. The first-order valence-corrected chi connectivity index (χ1v) is 10.7. The lowest BCUT2D eigenvalue weighted by Gasteiger charge is -2.18. The zero-order valence-corrected chi connectivity index (χ0v) is 18.6. The molecule has 2 aromatic rings. The van der Waals surface area contributed by atoms with Gasteiger partial charge in [0.25, 0.3) is 0 Å². The van der Waals surface area contributed by atoms with Crippen LogP contribution in [0.25, 0.3) is 0 Å². The van der Waals surface area contributed by atoms with Gasteiger partial charge in [-0.05, 0) is 49.6 Å². The average Bonchev–Trinajstić information content (AvgIpc) is 2.99. The summed E-state index contributed by atoms with van der Waals surface area (Å²) in [4.78, 5) is 39.7. The molecule has 1 heterocycles. The van der Waals surface area contributed by atoms with Crippen LogP contribution < -0.4 is 19.1 Å². The number of anilines is 1. The van der Waals surface area contributed by atoms with Crippen molar-refractivity contribution in [3.05, 3.63) is 48.0 Å². The third-order valence-corrected chi connectivity index (χ3v) is 4.74. The van der Waals surface area contributed by atoms with E-state index in [0.29, 0.717) is 30.5 Å². The van der Waals surface area contributed by atoms with Crippen LogP contribution in [0.4, 0.5) is 10.5 Å². The summed E-state index contributed by atoms with van der Waals surface area (Å²) >= 11 is 0. The van der Waals surface area contributed by atoms with E-state index >= 15 is 0 Å². The van der Waals surface area contributed by atoms with Gasteiger partial charge in [0.15, 0.2) is 11.5 Å². The standard InChI is InChI=1S/C24H28N2O6/c1-4-12-31-20-10-9-18(16-21(20)32-13-5-2)26-23(28)22(27)25(24(26)29)11-14-30-19-8-6-7-17(3)15-19/h6-10,15-16H,4-5,11-14H2,1-3H3. The number of imide groups is 2. The summed E-state index contributed by atoms with van der Waals surface area (Å²) < 4.78 is 17.1. The predicted molar refractivity (Wildman–Crippen MR) is 119 cm³/mol. The minimum atomic E-state index is -0.908. The summed E-state index contributed by atoms with van der Waals surface area (Å²) in [7, 11) is 0. The molecule has 8 heteroatoms. The van der Waals surface area contributed by atoms with Gasteiger partial charge in [-0.2, -0.15) is 0 Å². The van der Waals surface area contributed by atoms with Gasteiger partial charge in [-0.1, -0.05) is 26.0 Å². The zero-order valence-electron chi connectivity index (χ0n) is 18.6. The Labute approximate surface area is 187 Å². The van der Waals surface area contributed by atoms with Crippen molar-refractivity contribution in [2.45, 2.75) is 33.6 Å². The summed E-state index contributed by atoms with van der Waals surface area (Å²) in [6.45, 7) is 6.91. The van der Waals surface area contributed by atoms with Crippen molar-refractivity contribution in [2.75, 3.05) is 31.3 Å². The van der Waals surface area contributed by atoms with Crippen LogP contribution in [-0.2, 0) is 9.59 Å². The van der Waals surface area contributed by atoms with E-state index in [1.165, 1.54) is 0 Å². The second-order valence-electron chi connectivity index (χ2n) is 7.37. The number of rotatable bonds is 11. The minimum Gasteiger partial charge on any atom is -0.492 e. The molecular formula is C24H28N2O6. The van der Waals surface area contributed by atoms with E-state index in [-0.39, 0.29) is 18.8 Å². The Morgan fingerprint density at radius 2 is 1.50 bits per heavy atom. The first-order valence-electron chi connectivity index (χ1n) is 10.7. The highest BCUT2D eigenvalue weighted by Gasteiger charge is 2.45. The van der Waals surface area contributed by atoms with Crippen LogP contribution in [0.5, 0.6) is 17.2 Å². The molecule has 0 unspecified atom stereocenters. The zero-order chi connectivity index (χ0) is 23.1. The topological polar surface area (TPSA) is 85.4 Å². The third-order valence-electron chi connectivity index (χ3n) is 4.74. The van der Waals surface area contributed by atoms with Gasteiger partial charge >= 0.3 is 17.8 Å². The summed E-state index contributed by atoms with van der Waals surface area (Å²) in [6.07, 6.45) is 1.61. The average molecular weight is 440 g/mol. The maximum absolute atomic E-state index is 12.9. The van der Waals surface area contributed by atoms with Gasteiger partial charge in [0.2, 0.25) is 0 Å². The SMILES string of the molecule is CCCOc1ccc(N2C(=O)C(=O)N(CCOc3cccc(C)c3)C2=O)cc1OCCC. The fourth-order valence-electron chi connectivity index (χ4n) is 3.18. The van der Waals surface area contributed by atoms with Crippen molar-refractivity contribution in [2.24, 2.45) is 0 Å². The Morgan fingerprint density at radius 3 is 2.19 bits per heavy atom. The molecule has 1 saturated heterocycles. The fraction of sp³-hybridized carbons (Fsp3) is 0.375. The van der Waals surface area contributed by atoms with Crippen LogP contribution in [0.2, 0.25) is 0 Å². The minimum absolute atomic E-state index is 0.0370. The first kappa shape index (κ1) is 23.1. The summed E-state index contributed by atoms with van der Waals surface area (Å²) in [6, 6.07) is 11.5. The maximum Gasteiger partial charge on any atom is 0.339 e. The highest BCUT2D eigenvalue weighted by Crippen LogP contribution is 2.34. The van der Waals surface area contributed by atoms with Gasteiger partial charge in [0, 0.05) is 6.07 Å². The molecule has 2 aromatic carbocycles. The van der Waals surface area contributed by atoms with Crippen LogP contribution in [-0.4, -0.2) is 49.1 Å². The lowest BCUT2D eigenvalue weighted by atomic mass is 10.2. The van der Waals surface area contributed by atoms with Crippen LogP contribution >= 0.6 is 0 Å². The second-order valence-corrected chi connectivity index (χ2v) is 7.37. The van der Waals surface area contributed by atoms with Crippen LogP contribution in [0.1, 0.15) is 32.3 Å². The van der Waals surface area contributed by atoms with Crippen molar-refractivity contribution in [3.63, 3.8) is 0 Å². The lowest BCUT2D eigenvalue weighted by molar-refractivity contribution is -0.139. The number of carbonyl (C=O) groups excluding carboxylic acids is 3. The number of carbonyl (C=O) groups is 3. The molecule has 0 spiro atoms. The van der Waals surface area contributed by atoms with Crippen LogP contribution in [0.3, 0.4) is 0 Å². The molecule has 1 fully saturated rings. The Morgan fingerprint density at radius 1 is 0.781 bits per heavy atom. The molecule has 8 nitrogen and oxygen atoms in total. The molecule has 0 radical (unpaired) electrons. The number of hydrogen-bond donors (Lipinski definition) is 0. The molecule has 0 N–H and O–H groups in total. The van der Waals surface area contributed by atoms with Crippen molar-refractivity contribution in [3.8, 4) is 17.2 Å². The number of aryl methyl sites for hydroxylation is 1. The number of urea groups is 1. The molecule has 0 aliphatic carbocycles. The van der Waals surface area contributed by atoms with E-state index in [1.807, 2.05) is 39.0 Å². The van der Waals surface area contributed by atoms with Gasteiger partial charge in [0.05, 0.1) is 25.4 Å². The van der Waals surface area contributed by atoms with Gasteiger partial charge < -0.3 is 14.2 Å². The number of benzene rings is 2. The van der Waals surface area contributed by atoms with Crippen LogP contribution in [0, 0.1) is 6.92 Å². The van der Waals surface area contributed by atoms with Gasteiger partial charge in [0.1, 0.15) is 12.4 Å². The molecule has 4 amide bonds. The van der Waals surface area contributed by atoms with Crippen molar-refractivity contribution < 1.29 is 28.6 Å². The van der Waals surface area contributed by atoms with E-state index in [1.54, 1.807) is 24.3 Å². The summed E-state index contributed by atoms with van der Waals surface area (Å²) in [5.74, 6) is -0.211. The molecule has 0 saturated carbocycles. The Hall–Kier alpha value is -3.55. The molecule has 1 aliphatic heterocycles. The van der Waals surface area contributed by atoms with E-state index in [0.717, 1.165) is 28.2 Å². The normalized spacial score (nSPS) is 13.7. The highest BCUT2D eigenvalue weighted by atomic mass is 16.5. The first-order chi connectivity index (χ1) is 15.5. The van der Waals surface area contributed by atoms with E-state index in [2.05, 4.69) is 0 Å². The molecule has 0 bridgehead atoms. The number of amides is 4. The fourth-order valence-corrected chi connectivity index (χ4v) is 3.18. The molecule has 0 atom stereocenters. The monoisotopic (exact) mass is 440 g/mol. The van der Waals surface area contributed by atoms with Crippen LogP contribution in [0.15, 0.2) is 42.5 Å². The summed E-state index contributed by atoms with van der Waals surface area (Å²) in [5.41, 5.74) is 1.29. The molecule has 32 heavy (non-hydrogen) atoms. The van der Waals surface area contributed by atoms with Crippen molar-refractivity contribution in [1.29, 1.82) is 0 Å². The predicted octanol–water partition coefficient (Wildman–Crippen LogP) is 3.95. The maximum atomic E-state index is 12.9. The van der Waals surface area contributed by atoms with E-state index in [9.17, 15) is 14.4 Å². The Kier molecular flexibility index (Phi) is 7.70. The Balaban J connectivity index is 1.74. The second kappa shape index (κ2) is 10.7. The van der Waals surface area contributed by atoms with Crippen molar-refractivity contribution in [1.82, 2.24) is 4.90 Å². The van der Waals surface area contributed by atoms with E-state index < -0.39 is 17.8 Å². The Bertz CT molecular complexity index is 990. The third kappa shape index (κ3) is 5.19. The quantitative estimate of drug-likeness (QED) is 0.389. The largest absolute Gasteiger partial charge is 0.492 e. The van der Waals surface area contributed by atoms with Crippen molar-refractivity contribution >= 4 is 23.5 Å².